The van der Waals surface area contributed by atoms with Gasteiger partial charge in [0.25, 0.3) is 0 Å². The third kappa shape index (κ3) is 4.55. The van der Waals surface area contributed by atoms with Crippen LogP contribution in [0.4, 0.5) is 0 Å². The summed E-state index contributed by atoms with van der Waals surface area (Å²) in [4.78, 5) is 18.4. The molecule has 0 aromatic rings. The Labute approximate surface area is 111 Å². The predicted molar refractivity (Wildman–Crippen MR) is 74.7 cm³/mol. The normalized spacial score (nSPS) is 22.1. The van der Waals surface area contributed by atoms with Crippen LogP contribution in [0.25, 0.3) is 0 Å². The summed E-state index contributed by atoms with van der Waals surface area (Å²) >= 11 is 0. The van der Waals surface area contributed by atoms with Crippen LogP contribution < -0.4 is 5.32 Å². The summed E-state index contributed by atoms with van der Waals surface area (Å²) in [5.74, 6) is 0.201. The lowest BCUT2D eigenvalue weighted by atomic mass is 10.2. The van der Waals surface area contributed by atoms with Crippen molar-refractivity contribution in [1.82, 2.24) is 20.0 Å². The van der Waals surface area contributed by atoms with Crippen LogP contribution >= 0.6 is 0 Å². The van der Waals surface area contributed by atoms with E-state index in [0.717, 1.165) is 39.3 Å². The Morgan fingerprint density at radius 3 is 2.56 bits per heavy atom. The van der Waals surface area contributed by atoms with Crippen LogP contribution in [0.1, 0.15) is 13.8 Å². The Bertz CT molecular complexity index is 255. The Kier molecular flexibility index (Phi) is 6.60. The highest BCUT2D eigenvalue weighted by Crippen LogP contribution is 2.04. The smallest absolute Gasteiger partial charge is 0.236 e. The summed E-state index contributed by atoms with van der Waals surface area (Å²) in [6, 6.07) is 0.508. The second-order valence-corrected chi connectivity index (χ2v) is 5.09. The Morgan fingerprint density at radius 1 is 1.28 bits per heavy atom. The van der Waals surface area contributed by atoms with E-state index >= 15 is 0 Å². The summed E-state index contributed by atoms with van der Waals surface area (Å²) < 4.78 is 0. The van der Waals surface area contributed by atoms with Gasteiger partial charge in [-0.1, -0.05) is 0 Å². The molecule has 0 aromatic heterocycles. The Morgan fingerprint density at radius 2 is 1.94 bits per heavy atom. The van der Waals surface area contributed by atoms with Crippen molar-refractivity contribution >= 4 is 5.91 Å². The molecular formula is C13H28N4O. The average molecular weight is 256 g/mol. The SMILES string of the molecule is CCN(CC)C(=O)CNCC1CN(C)CCN1C. The average Bonchev–Trinajstić information content (AvgIpc) is 2.35. The highest BCUT2D eigenvalue weighted by atomic mass is 16.2. The quantitative estimate of drug-likeness (QED) is 0.708. The van der Waals surface area contributed by atoms with Crippen molar-refractivity contribution in [1.29, 1.82) is 0 Å². The molecule has 1 atom stereocenters. The lowest BCUT2D eigenvalue weighted by Crippen LogP contribution is -2.54. The lowest BCUT2D eigenvalue weighted by Gasteiger charge is -2.37. The number of nitrogens with zero attached hydrogens (tertiary/aromatic N) is 3. The van der Waals surface area contributed by atoms with E-state index in [0.29, 0.717) is 12.6 Å². The van der Waals surface area contributed by atoms with Crippen molar-refractivity contribution in [3.63, 3.8) is 0 Å². The molecule has 1 heterocycles. The summed E-state index contributed by atoms with van der Waals surface area (Å²) in [6.07, 6.45) is 0. The molecular weight excluding hydrogens is 228 g/mol. The van der Waals surface area contributed by atoms with Gasteiger partial charge < -0.3 is 15.1 Å². The molecule has 1 unspecified atom stereocenters. The molecule has 1 saturated heterocycles. The maximum absolute atomic E-state index is 11.8. The molecule has 5 nitrogen and oxygen atoms in total. The molecule has 1 aliphatic heterocycles. The minimum atomic E-state index is 0.201. The molecule has 1 fully saturated rings. The number of carbonyl (C=O) groups is 1. The van der Waals surface area contributed by atoms with E-state index in [2.05, 4.69) is 29.2 Å². The van der Waals surface area contributed by atoms with E-state index in [1.54, 1.807) is 0 Å². The summed E-state index contributed by atoms with van der Waals surface area (Å²) in [5.41, 5.74) is 0. The van der Waals surface area contributed by atoms with Gasteiger partial charge in [-0.15, -0.1) is 0 Å². The monoisotopic (exact) mass is 256 g/mol. The van der Waals surface area contributed by atoms with Gasteiger partial charge in [-0.25, -0.2) is 0 Å². The fourth-order valence-electron chi connectivity index (χ4n) is 2.36. The third-order valence-corrected chi connectivity index (χ3v) is 3.75. The number of likely N-dealkylation sites (N-methyl/N-ethyl adjacent to an activating group) is 3. The van der Waals surface area contributed by atoms with Gasteiger partial charge in [-0.3, -0.25) is 9.69 Å². The lowest BCUT2D eigenvalue weighted by molar-refractivity contribution is -0.129. The molecule has 0 spiro atoms. The van der Waals surface area contributed by atoms with Crippen LogP contribution in [-0.4, -0.2) is 86.6 Å². The number of nitrogens with one attached hydrogen (secondary N) is 1. The van der Waals surface area contributed by atoms with Crippen LogP contribution in [0.3, 0.4) is 0 Å². The van der Waals surface area contributed by atoms with Crippen LogP contribution in [0, 0.1) is 0 Å². The maximum Gasteiger partial charge on any atom is 0.236 e. The maximum atomic E-state index is 11.8. The highest BCUT2D eigenvalue weighted by molar-refractivity contribution is 5.78. The zero-order valence-corrected chi connectivity index (χ0v) is 12.3. The van der Waals surface area contributed by atoms with Gasteiger partial charge in [-0.2, -0.15) is 0 Å². The first kappa shape index (κ1) is 15.4. The summed E-state index contributed by atoms with van der Waals surface area (Å²) in [5, 5.41) is 3.30. The first-order valence-electron chi connectivity index (χ1n) is 6.95. The number of carbonyl (C=O) groups excluding carboxylic acids is 1. The molecule has 5 heteroatoms. The Hall–Kier alpha value is -0.650. The van der Waals surface area contributed by atoms with Crippen molar-refractivity contribution in [3.05, 3.63) is 0 Å². The fraction of sp³-hybridized carbons (Fsp3) is 0.923. The third-order valence-electron chi connectivity index (χ3n) is 3.75. The van der Waals surface area contributed by atoms with Crippen LogP contribution in [0.5, 0.6) is 0 Å². The van der Waals surface area contributed by atoms with Gasteiger partial charge in [-0.05, 0) is 27.9 Å². The van der Waals surface area contributed by atoms with Gasteiger partial charge >= 0.3 is 0 Å². The molecule has 0 aromatic carbocycles. The molecule has 106 valence electrons. The number of piperazine rings is 1. The van der Waals surface area contributed by atoms with Gasteiger partial charge in [0.15, 0.2) is 0 Å². The molecule has 0 aliphatic carbocycles. The standard InChI is InChI=1S/C13H28N4O/c1-5-17(6-2)13(18)10-14-9-12-11-15(3)7-8-16(12)4/h12,14H,5-11H2,1-4H3. The molecule has 1 rings (SSSR count). The van der Waals surface area contributed by atoms with Crippen molar-refractivity contribution in [2.24, 2.45) is 0 Å². The highest BCUT2D eigenvalue weighted by Gasteiger charge is 2.21. The Balaban J connectivity index is 2.26. The van der Waals surface area contributed by atoms with Crippen LogP contribution in [0.15, 0.2) is 0 Å². The first-order valence-corrected chi connectivity index (χ1v) is 6.95. The second kappa shape index (κ2) is 7.71. The van der Waals surface area contributed by atoms with Crippen LogP contribution in [0.2, 0.25) is 0 Å². The number of hydrogen-bond donors (Lipinski definition) is 1. The van der Waals surface area contributed by atoms with Crippen molar-refractivity contribution in [3.8, 4) is 0 Å². The van der Waals surface area contributed by atoms with E-state index in [4.69, 9.17) is 0 Å². The number of hydrogen-bond acceptors (Lipinski definition) is 4. The number of rotatable bonds is 6. The number of amides is 1. The minimum Gasteiger partial charge on any atom is -0.342 e. The molecule has 0 radical (unpaired) electrons. The first-order chi connectivity index (χ1) is 8.58. The molecule has 1 aliphatic rings. The van der Waals surface area contributed by atoms with E-state index in [1.807, 2.05) is 18.7 Å². The molecule has 1 amide bonds. The summed E-state index contributed by atoms with van der Waals surface area (Å²) in [7, 11) is 4.31. The van der Waals surface area contributed by atoms with Crippen molar-refractivity contribution in [2.45, 2.75) is 19.9 Å². The predicted octanol–water partition coefficient (Wildman–Crippen LogP) is -0.310. The van der Waals surface area contributed by atoms with Gasteiger partial charge in [0, 0.05) is 45.3 Å². The topological polar surface area (TPSA) is 38.8 Å². The van der Waals surface area contributed by atoms with Gasteiger partial charge in [0.05, 0.1) is 6.54 Å². The largest absolute Gasteiger partial charge is 0.342 e. The van der Waals surface area contributed by atoms with Gasteiger partial charge in [0.2, 0.25) is 5.91 Å². The zero-order chi connectivity index (χ0) is 13.5. The van der Waals surface area contributed by atoms with E-state index in [1.165, 1.54) is 0 Å². The van der Waals surface area contributed by atoms with Crippen molar-refractivity contribution in [2.75, 3.05) is 59.9 Å². The second-order valence-electron chi connectivity index (χ2n) is 5.09. The van der Waals surface area contributed by atoms with E-state index in [9.17, 15) is 4.79 Å². The molecule has 18 heavy (non-hydrogen) atoms. The molecule has 0 saturated carbocycles. The fourth-order valence-corrected chi connectivity index (χ4v) is 2.36. The van der Waals surface area contributed by atoms with Crippen molar-refractivity contribution < 1.29 is 4.79 Å². The molecule has 0 bridgehead atoms. The van der Waals surface area contributed by atoms with E-state index in [-0.39, 0.29) is 5.91 Å². The van der Waals surface area contributed by atoms with E-state index < -0.39 is 0 Å². The molecule has 1 N–H and O–H groups in total. The van der Waals surface area contributed by atoms with Crippen LogP contribution in [-0.2, 0) is 4.79 Å². The summed E-state index contributed by atoms with van der Waals surface area (Å²) in [6.45, 7) is 10.3. The minimum absolute atomic E-state index is 0.201. The zero-order valence-electron chi connectivity index (χ0n) is 12.3. The van der Waals surface area contributed by atoms with Gasteiger partial charge in [0.1, 0.15) is 0 Å².